The number of hydrogen-bond donors (Lipinski definition) is 1. The number of nitrogens with zero attached hydrogens (tertiary/aromatic N) is 4. The number of hydrogen-bond acceptors (Lipinski definition) is 11. The standard InChI is InChI=1S/C21H31N5O7S/c1-5-9-31-18-23-19(32-10-6-2)25-20(24-18)33-14-15-13-26(8-11-30-15)21(28)22-16(7-12-34-4)17(27)29-3/h5-6,15-16H,1-2,7-14H2,3-4H3,(H,22,28). The van der Waals surface area contributed by atoms with Crippen molar-refractivity contribution in [2.75, 3.05) is 58.6 Å². The van der Waals surface area contributed by atoms with Crippen molar-refractivity contribution in [3.05, 3.63) is 25.3 Å². The zero-order chi connectivity index (χ0) is 24.8. The number of morpholine rings is 1. The maximum Gasteiger partial charge on any atom is 0.328 e. The third kappa shape index (κ3) is 9.06. The Hall–Kier alpha value is -3.06. The van der Waals surface area contributed by atoms with Gasteiger partial charge in [-0.2, -0.15) is 11.8 Å². The van der Waals surface area contributed by atoms with Gasteiger partial charge in [0.1, 0.15) is 32.0 Å². The van der Waals surface area contributed by atoms with Gasteiger partial charge in [0.15, 0.2) is 0 Å². The molecule has 1 fully saturated rings. The third-order valence-corrected chi connectivity index (χ3v) is 5.10. The Morgan fingerprint density at radius 2 is 1.79 bits per heavy atom. The Morgan fingerprint density at radius 3 is 2.35 bits per heavy atom. The second kappa shape index (κ2) is 15.0. The SMILES string of the molecule is C=CCOc1nc(OCC=C)nc(OCC2CN(C(=O)NC(CCSC)C(=O)OC)CCO2)n1. The van der Waals surface area contributed by atoms with E-state index in [1.807, 2.05) is 6.26 Å². The molecule has 188 valence electrons. The first-order chi connectivity index (χ1) is 16.5. The summed E-state index contributed by atoms with van der Waals surface area (Å²) in [6, 6.07) is -1.05. The maximum atomic E-state index is 12.7. The third-order valence-electron chi connectivity index (χ3n) is 4.45. The van der Waals surface area contributed by atoms with Crippen LogP contribution in [0.2, 0.25) is 0 Å². The largest absolute Gasteiger partial charge is 0.467 e. The van der Waals surface area contributed by atoms with E-state index >= 15 is 0 Å². The van der Waals surface area contributed by atoms with Crippen molar-refractivity contribution in [2.45, 2.75) is 18.6 Å². The van der Waals surface area contributed by atoms with Crippen LogP contribution in [0, 0.1) is 0 Å². The van der Waals surface area contributed by atoms with E-state index in [9.17, 15) is 9.59 Å². The normalized spacial score (nSPS) is 16.2. The van der Waals surface area contributed by atoms with Crippen LogP contribution in [0.5, 0.6) is 18.0 Å². The number of rotatable bonds is 14. The predicted octanol–water partition coefficient (Wildman–Crippen LogP) is 1.09. The molecule has 0 saturated carbocycles. The predicted molar refractivity (Wildman–Crippen MR) is 125 cm³/mol. The lowest BCUT2D eigenvalue weighted by molar-refractivity contribution is -0.143. The molecular weight excluding hydrogens is 466 g/mol. The van der Waals surface area contributed by atoms with Gasteiger partial charge < -0.3 is 33.9 Å². The number of nitrogens with one attached hydrogen (secondary N) is 1. The molecule has 13 heteroatoms. The number of thioether (sulfide) groups is 1. The minimum Gasteiger partial charge on any atom is -0.467 e. The molecule has 2 atom stereocenters. The van der Waals surface area contributed by atoms with Gasteiger partial charge in [-0.15, -0.1) is 15.0 Å². The van der Waals surface area contributed by atoms with E-state index in [2.05, 4.69) is 33.4 Å². The van der Waals surface area contributed by atoms with Crippen LogP contribution < -0.4 is 19.5 Å². The summed E-state index contributed by atoms with van der Waals surface area (Å²) in [5, 5.41) is 2.74. The highest BCUT2D eigenvalue weighted by atomic mass is 32.2. The Bertz CT molecular complexity index is 798. The second-order valence-electron chi connectivity index (χ2n) is 6.94. The van der Waals surface area contributed by atoms with Crippen molar-refractivity contribution in [3.8, 4) is 18.0 Å². The fourth-order valence-electron chi connectivity index (χ4n) is 2.82. The van der Waals surface area contributed by atoms with E-state index in [0.717, 1.165) is 0 Å². The summed E-state index contributed by atoms with van der Waals surface area (Å²) < 4.78 is 26.9. The Kier molecular flexibility index (Phi) is 12.0. The van der Waals surface area contributed by atoms with Crippen LogP contribution in [0.4, 0.5) is 4.79 Å². The Balaban J connectivity index is 1.96. The van der Waals surface area contributed by atoms with Gasteiger partial charge >= 0.3 is 30.0 Å². The average molecular weight is 498 g/mol. The molecule has 1 N–H and O–H groups in total. The summed E-state index contributed by atoms with van der Waals surface area (Å²) >= 11 is 1.58. The number of carbonyl (C=O) groups excluding carboxylic acids is 2. The lowest BCUT2D eigenvalue weighted by atomic mass is 10.2. The van der Waals surface area contributed by atoms with E-state index in [0.29, 0.717) is 25.3 Å². The van der Waals surface area contributed by atoms with Gasteiger partial charge in [-0.05, 0) is 18.4 Å². The number of amides is 2. The number of carbonyl (C=O) groups is 2. The van der Waals surface area contributed by atoms with Gasteiger partial charge in [0.2, 0.25) is 0 Å². The van der Waals surface area contributed by atoms with Gasteiger partial charge in [0, 0.05) is 6.54 Å². The first-order valence-corrected chi connectivity index (χ1v) is 12.0. The smallest absolute Gasteiger partial charge is 0.328 e. The minimum atomic E-state index is -0.712. The van der Waals surface area contributed by atoms with Gasteiger partial charge in [0.25, 0.3) is 0 Å². The van der Waals surface area contributed by atoms with Crippen LogP contribution in [0.15, 0.2) is 25.3 Å². The number of aromatic nitrogens is 3. The fourth-order valence-corrected chi connectivity index (χ4v) is 3.29. The molecule has 1 aromatic rings. The van der Waals surface area contributed by atoms with Crippen molar-refractivity contribution < 1.29 is 33.3 Å². The van der Waals surface area contributed by atoms with E-state index in [1.54, 1.807) is 28.8 Å². The second-order valence-corrected chi connectivity index (χ2v) is 7.92. The van der Waals surface area contributed by atoms with Crippen LogP contribution >= 0.6 is 11.8 Å². The van der Waals surface area contributed by atoms with Crippen LogP contribution in [0.25, 0.3) is 0 Å². The minimum absolute atomic E-state index is 0.0129. The molecule has 34 heavy (non-hydrogen) atoms. The molecule has 1 saturated heterocycles. The van der Waals surface area contributed by atoms with E-state index in [-0.39, 0.29) is 50.4 Å². The maximum absolute atomic E-state index is 12.7. The molecule has 2 rings (SSSR count). The highest BCUT2D eigenvalue weighted by Crippen LogP contribution is 2.16. The molecular formula is C21H31N5O7S. The van der Waals surface area contributed by atoms with E-state index in [4.69, 9.17) is 23.7 Å². The number of methoxy groups -OCH3 is 1. The van der Waals surface area contributed by atoms with E-state index in [1.165, 1.54) is 7.11 Å². The number of esters is 1. The summed E-state index contributed by atoms with van der Waals surface area (Å²) in [5.74, 6) is 0.233. The topological polar surface area (TPSA) is 134 Å². The molecule has 0 aromatic carbocycles. The number of urea groups is 1. The van der Waals surface area contributed by atoms with Crippen molar-refractivity contribution in [2.24, 2.45) is 0 Å². The van der Waals surface area contributed by atoms with Gasteiger partial charge in [-0.1, -0.05) is 25.3 Å². The van der Waals surface area contributed by atoms with Crippen LogP contribution in [0.1, 0.15) is 6.42 Å². The first-order valence-electron chi connectivity index (χ1n) is 10.6. The molecule has 2 unspecified atom stereocenters. The highest BCUT2D eigenvalue weighted by molar-refractivity contribution is 7.98. The first kappa shape index (κ1) is 27.2. The van der Waals surface area contributed by atoms with Crippen molar-refractivity contribution >= 4 is 23.8 Å². The molecule has 0 aliphatic carbocycles. The molecule has 2 amide bonds. The summed E-state index contributed by atoms with van der Waals surface area (Å²) in [6.07, 6.45) is 5.07. The number of ether oxygens (including phenoxy) is 5. The monoisotopic (exact) mass is 497 g/mol. The zero-order valence-electron chi connectivity index (χ0n) is 19.4. The molecule has 1 aliphatic heterocycles. The zero-order valence-corrected chi connectivity index (χ0v) is 20.3. The highest BCUT2D eigenvalue weighted by Gasteiger charge is 2.29. The fraction of sp³-hybridized carbons (Fsp3) is 0.571. The van der Waals surface area contributed by atoms with Gasteiger partial charge in [0.05, 0.1) is 20.3 Å². The molecule has 1 aliphatic rings. The molecule has 0 bridgehead atoms. The lowest BCUT2D eigenvalue weighted by Crippen LogP contribution is -2.54. The molecule has 0 spiro atoms. The van der Waals surface area contributed by atoms with Gasteiger partial charge in [-0.3, -0.25) is 0 Å². The Morgan fingerprint density at radius 1 is 1.18 bits per heavy atom. The average Bonchev–Trinajstić information content (AvgIpc) is 2.86. The summed E-state index contributed by atoms with van der Waals surface area (Å²) in [4.78, 5) is 38.5. The van der Waals surface area contributed by atoms with Crippen molar-refractivity contribution in [1.29, 1.82) is 0 Å². The lowest BCUT2D eigenvalue weighted by Gasteiger charge is -2.33. The quantitative estimate of drug-likeness (QED) is 0.292. The van der Waals surface area contributed by atoms with Crippen molar-refractivity contribution in [1.82, 2.24) is 25.2 Å². The van der Waals surface area contributed by atoms with Gasteiger partial charge in [-0.25, -0.2) is 9.59 Å². The van der Waals surface area contributed by atoms with E-state index < -0.39 is 18.1 Å². The molecule has 1 aromatic heterocycles. The molecule has 12 nitrogen and oxygen atoms in total. The summed E-state index contributed by atoms with van der Waals surface area (Å²) in [6.45, 7) is 8.58. The van der Waals surface area contributed by atoms with Crippen LogP contribution in [-0.4, -0.2) is 103 Å². The molecule has 0 radical (unpaired) electrons. The van der Waals surface area contributed by atoms with Crippen molar-refractivity contribution in [3.63, 3.8) is 0 Å². The molecule has 2 heterocycles. The van der Waals surface area contributed by atoms with Crippen LogP contribution in [-0.2, 0) is 14.3 Å². The summed E-state index contributed by atoms with van der Waals surface area (Å²) in [7, 11) is 1.30. The summed E-state index contributed by atoms with van der Waals surface area (Å²) in [5.41, 5.74) is 0. The Labute approximate surface area is 203 Å². The van der Waals surface area contributed by atoms with Crippen LogP contribution in [0.3, 0.4) is 0 Å².